The van der Waals surface area contributed by atoms with Crippen LogP contribution in [0.4, 0.5) is 10.8 Å². The molecule has 0 fully saturated rings. The van der Waals surface area contributed by atoms with E-state index in [1.54, 1.807) is 4.90 Å². The lowest BCUT2D eigenvalue weighted by atomic mass is 10.0. The Morgan fingerprint density at radius 3 is 2.62 bits per heavy atom. The Labute approximate surface area is 202 Å². The first-order chi connectivity index (χ1) is 16.5. The molecule has 1 aliphatic rings. The number of nitrogens with zero attached hydrogens (tertiary/aromatic N) is 3. The van der Waals surface area contributed by atoms with E-state index in [0.717, 1.165) is 53.5 Å². The number of thiazole rings is 1. The van der Waals surface area contributed by atoms with Crippen LogP contribution < -0.4 is 4.90 Å². The van der Waals surface area contributed by atoms with Crippen LogP contribution in [0.3, 0.4) is 0 Å². The number of hydrogen-bond donors (Lipinski definition) is 0. The molecule has 2 heterocycles. The summed E-state index contributed by atoms with van der Waals surface area (Å²) in [6.45, 7) is 3.65. The molecular formula is C27H25N3O3S. The van der Waals surface area contributed by atoms with E-state index in [0.29, 0.717) is 16.4 Å². The second-order valence-corrected chi connectivity index (χ2v) is 9.19. The van der Waals surface area contributed by atoms with Gasteiger partial charge in [-0.1, -0.05) is 37.3 Å². The number of carbonyl (C=O) groups excluding carboxylic acids is 2. The molecule has 2 aromatic carbocycles. The summed E-state index contributed by atoms with van der Waals surface area (Å²) in [6, 6.07) is 15.6. The standard InChI is InChI=1S/C27H25N3O3S/c1-3-18-11-13-20(14-12-18)30(17(2)31)27-28-19(16-34-27)15-33-26(32)25-21-7-4-5-9-23(21)29-24-10-6-8-22(24)25/h4-5,7,9,11-14,16H,3,6,8,10,15H2,1-2H3. The van der Waals surface area contributed by atoms with E-state index in [-0.39, 0.29) is 18.5 Å². The molecule has 0 aliphatic heterocycles. The number of ether oxygens (including phenoxy) is 1. The number of fused-ring (bicyclic) bond motifs is 2. The first-order valence-corrected chi connectivity index (χ1v) is 12.3. The predicted octanol–water partition coefficient (Wildman–Crippen LogP) is 5.78. The van der Waals surface area contributed by atoms with Gasteiger partial charge in [0.1, 0.15) is 6.61 Å². The van der Waals surface area contributed by atoms with Gasteiger partial charge in [-0.3, -0.25) is 14.7 Å². The molecular weight excluding hydrogens is 446 g/mol. The van der Waals surface area contributed by atoms with Gasteiger partial charge in [0.05, 0.1) is 22.5 Å². The van der Waals surface area contributed by atoms with E-state index in [2.05, 4.69) is 11.9 Å². The van der Waals surface area contributed by atoms with Crippen LogP contribution in [0, 0.1) is 0 Å². The van der Waals surface area contributed by atoms with Crippen LogP contribution >= 0.6 is 11.3 Å². The number of esters is 1. The average molecular weight is 472 g/mol. The largest absolute Gasteiger partial charge is 0.456 e. The second-order valence-electron chi connectivity index (χ2n) is 8.35. The highest BCUT2D eigenvalue weighted by molar-refractivity contribution is 7.14. The molecule has 0 saturated heterocycles. The molecule has 0 unspecified atom stereocenters. The second kappa shape index (κ2) is 9.35. The zero-order chi connectivity index (χ0) is 23.7. The topological polar surface area (TPSA) is 72.4 Å². The molecule has 0 N–H and O–H groups in total. The lowest BCUT2D eigenvalue weighted by Crippen LogP contribution is -2.22. The van der Waals surface area contributed by atoms with Gasteiger partial charge in [-0.05, 0) is 55.0 Å². The van der Waals surface area contributed by atoms with Gasteiger partial charge in [0, 0.05) is 23.4 Å². The van der Waals surface area contributed by atoms with E-state index >= 15 is 0 Å². The summed E-state index contributed by atoms with van der Waals surface area (Å²) in [4.78, 5) is 36.5. The Kier molecular flexibility index (Phi) is 6.11. The van der Waals surface area contributed by atoms with Crippen LogP contribution in [0.1, 0.15) is 53.1 Å². The van der Waals surface area contributed by atoms with Crippen molar-refractivity contribution in [3.05, 3.63) is 82.0 Å². The van der Waals surface area contributed by atoms with Crippen LogP contribution in [0.2, 0.25) is 0 Å². The molecule has 6 nitrogen and oxygen atoms in total. The lowest BCUT2D eigenvalue weighted by Gasteiger charge is -2.18. The Morgan fingerprint density at radius 1 is 1.06 bits per heavy atom. The van der Waals surface area contributed by atoms with Crippen molar-refractivity contribution in [3.63, 3.8) is 0 Å². The van der Waals surface area contributed by atoms with Crippen molar-refractivity contribution >= 4 is 44.9 Å². The summed E-state index contributed by atoms with van der Waals surface area (Å²) >= 11 is 1.35. The SMILES string of the molecule is CCc1ccc(N(C(C)=O)c2nc(COC(=O)c3c4c(nc5ccccc35)CCC4)cs2)cc1. The first-order valence-electron chi connectivity index (χ1n) is 11.5. The van der Waals surface area contributed by atoms with E-state index < -0.39 is 0 Å². The molecule has 34 heavy (non-hydrogen) atoms. The van der Waals surface area contributed by atoms with Crippen molar-refractivity contribution in [2.24, 2.45) is 0 Å². The lowest BCUT2D eigenvalue weighted by molar-refractivity contribution is -0.115. The highest BCUT2D eigenvalue weighted by Crippen LogP contribution is 2.32. The van der Waals surface area contributed by atoms with Gasteiger partial charge < -0.3 is 4.74 Å². The third-order valence-corrected chi connectivity index (χ3v) is 7.00. The van der Waals surface area contributed by atoms with Crippen molar-refractivity contribution < 1.29 is 14.3 Å². The predicted molar refractivity (Wildman–Crippen MR) is 134 cm³/mol. The molecule has 4 aromatic rings. The molecule has 0 saturated carbocycles. The van der Waals surface area contributed by atoms with Crippen molar-refractivity contribution in [1.29, 1.82) is 0 Å². The van der Waals surface area contributed by atoms with Gasteiger partial charge in [0.25, 0.3) is 0 Å². The fourth-order valence-electron chi connectivity index (χ4n) is 4.43. The molecule has 5 rings (SSSR count). The minimum Gasteiger partial charge on any atom is -0.456 e. The highest BCUT2D eigenvalue weighted by Gasteiger charge is 2.25. The molecule has 1 aliphatic carbocycles. The van der Waals surface area contributed by atoms with Gasteiger partial charge >= 0.3 is 5.97 Å². The van der Waals surface area contributed by atoms with Crippen LogP contribution in [0.15, 0.2) is 53.9 Å². The average Bonchev–Trinajstić information content (AvgIpc) is 3.51. The number of aromatic nitrogens is 2. The van der Waals surface area contributed by atoms with Crippen LogP contribution in [0.25, 0.3) is 10.9 Å². The van der Waals surface area contributed by atoms with Gasteiger partial charge in [-0.2, -0.15) is 0 Å². The maximum Gasteiger partial charge on any atom is 0.339 e. The molecule has 0 radical (unpaired) electrons. The van der Waals surface area contributed by atoms with Crippen molar-refractivity contribution in [1.82, 2.24) is 9.97 Å². The number of benzene rings is 2. The zero-order valence-electron chi connectivity index (χ0n) is 19.2. The summed E-state index contributed by atoms with van der Waals surface area (Å²) in [5.41, 5.74) is 6.01. The molecule has 1 amide bonds. The molecule has 7 heteroatoms. The van der Waals surface area contributed by atoms with E-state index in [9.17, 15) is 9.59 Å². The molecule has 0 bridgehead atoms. The van der Waals surface area contributed by atoms with Gasteiger partial charge in [-0.15, -0.1) is 11.3 Å². The number of rotatable bonds is 6. The molecule has 172 valence electrons. The van der Waals surface area contributed by atoms with E-state index in [1.807, 2.05) is 53.9 Å². The molecule has 0 atom stereocenters. The minimum atomic E-state index is -0.357. The number of para-hydroxylation sites is 1. The summed E-state index contributed by atoms with van der Waals surface area (Å²) in [5, 5.41) is 3.21. The Hall–Kier alpha value is -3.58. The number of hydrogen-bond acceptors (Lipinski definition) is 6. The van der Waals surface area contributed by atoms with Crippen LogP contribution in [0.5, 0.6) is 0 Å². The fourth-order valence-corrected chi connectivity index (χ4v) is 5.30. The number of pyridine rings is 1. The van der Waals surface area contributed by atoms with Crippen LogP contribution in [-0.2, 0) is 35.4 Å². The third-order valence-electron chi connectivity index (χ3n) is 6.12. The van der Waals surface area contributed by atoms with Crippen molar-refractivity contribution in [3.8, 4) is 0 Å². The number of anilines is 2. The highest BCUT2D eigenvalue weighted by atomic mass is 32.1. The zero-order valence-corrected chi connectivity index (χ0v) is 20.0. The summed E-state index contributed by atoms with van der Waals surface area (Å²) in [7, 11) is 0. The number of amides is 1. The van der Waals surface area contributed by atoms with Gasteiger partial charge in [0.2, 0.25) is 5.91 Å². The van der Waals surface area contributed by atoms with E-state index in [1.165, 1.54) is 23.8 Å². The summed E-state index contributed by atoms with van der Waals surface area (Å²) < 4.78 is 5.71. The third kappa shape index (κ3) is 4.19. The Bertz CT molecular complexity index is 1380. The molecule has 0 spiro atoms. The Balaban J connectivity index is 1.37. The van der Waals surface area contributed by atoms with Gasteiger partial charge in [0.15, 0.2) is 5.13 Å². The van der Waals surface area contributed by atoms with Gasteiger partial charge in [-0.25, -0.2) is 9.78 Å². The maximum absolute atomic E-state index is 13.2. The monoisotopic (exact) mass is 471 g/mol. The fraction of sp³-hybridized carbons (Fsp3) is 0.259. The number of carbonyl (C=O) groups is 2. The van der Waals surface area contributed by atoms with E-state index in [4.69, 9.17) is 9.72 Å². The van der Waals surface area contributed by atoms with Crippen molar-refractivity contribution in [2.45, 2.75) is 46.1 Å². The Morgan fingerprint density at radius 2 is 1.85 bits per heavy atom. The summed E-state index contributed by atoms with van der Waals surface area (Å²) in [6.07, 6.45) is 3.65. The quantitative estimate of drug-likeness (QED) is 0.333. The maximum atomic E-state index is 13.2. The molecule has 2 aromatic heterocycles. The van der Waals surface area contributed by atoms with Crippen LogP contribution in [-0.4, -0.2) is 21.8 Å². The minimum absolute atomic E-state index is 0.0429. The summed E-state index contributed by atoms with van der Waals surface area (Å²) in [5.74, 6) is -0.481. The first kappa shape index (κ1) is 22.2. The van der Waals surface area contributed by atoms with Crippen molar-refractivity contribution in [2.75, 3.05) is 4.90 Å². The normalized spacial score (nSPS) is 12.5. The number of aryl methyl sites for hydroxylation is 2. The smallest absolute Gasteiger partial charge is 0.339 e.